The largest absolute Gasteiger partial charge is 0.375 e. The van der Waals surface area contributed by atoms with Crippen LogP contribution in [0.4, 0.5) is 0 Å². The van der Waals surface area contributed by atoms with Gasteiger partial charge < -0.3 is 18.9 Å². The summed E-state index contributed by atoms with van der Waals surface area (Å²) in [5, 5.41) is 0. The molecule has 122 valence electrons. The Hall–Kier alpha value is -2.18. The van der Waals surface area contributed by atoms with Crippen LogP contribution in [0.5, 0.6) is 0 Å². The van der Waals surface area contributed by atoms with Crippen molar-refractivity contribution in [3.63, 3.8) is 0 Å². The maximum Gasteiger partial charge on any atom is 0.248 e. The van der Waals surface area contributed by atoms with Crippen molar-refractivity contribution in [1.29, 1.82) is 0 Å². The van der Waals surface area contributed by atoms with Gasteiger partial charge in [-0.2, -0.15) is 0 Å². The first kappa shape index (κ1) is 15.7. The minimum Gasteiger partial charge on any atom is -0.375 e. The summed E-state index contributed by atoms with van der Waals surface area (Å²) in [7, 11) is 1.54. The minimum absolute atomic E-state index is 0.0142. The lowest BCUT2D eigenvalue weighted by Crippen LogP contribution is -2.39. The topological polar surface area (TPSA) is 56.6 Å². The molecule has 0 N–H and O–H groups in total. The quantitative estimate of drug-likeness (QED) is 0.838. The molecular weight excluding hydrogens is 294 g/mol. The van der Waals surface area contributed by atoms with Crippen LogP contribution in [0.1, 0.15) is 11.3 Å². The van der Waals surface area contributed by atoms with Crippen LogP contribution in [-0.2, 0) is 34.0 Å². The molecule has 23 heavy (non-hydrogen) atoms. The third kappa shape index (κ3) is 3.97. The third-order valence-electron chi connectivity index (χ3n) is 3.96. The predicted octanol–water partition coefficient (Wildman–Crippen LogP) is 1.46. The summed E-state index contributed by atoms with van der Waals surface area (Å²) in [4.78, 5) is 18.0. The molecule has 0 fully saturated rings. The average Bonchev–Trinajstić information content (AvgIpc) is 2.92. The highest BCUT2D eigenvalue weighted by molar-refractivity contribution is 5.77. The molecule has 1 atom stereocenters. The molecule has 6 heteroatoms. The van der Waals surface area contributed by atoms with Gasteiger partial charge in [-0.15, -0.1) is 0 Å². The number of amides is 1. The van der Waals surface area contributed by atoms with Gasteiger partial charge in [0.1, 0.15) is 6.61 Å². The first-order valence-corrected chi connectivity index (χ1v) is 7.67. The fourth-order valence-corrected chi connectivity index (χ4v) is 2.76. The number of fused-ring (bicyclic) bond motifs is 1. The molecule has 3 heterocycles. The number of ether oxygens (including phenoxy) is 2. The Bertz CT molecular complexity index is 642. The lowest BCUT2D eigenvalue weighted by atomic mass is 10.2. The zero-order valence-electron chi connectivity index (χ0n) is 13.2. The molecule has 2 aromatic heterocycles. The van der Waals surface area contributed by atoms with Crippen molar-refractivity contribution >= 4 is 5.91 Å². The van der Waals surface area contributed by atoms with Crippen molar-refractivity contribution in [2.45, 2.75) is 25.8 Å². The maximum absolute atomic E-state index is 12.2. The van der Waals surface area contributed by atoms with E-state index in [1.807, 2.05) is 30.5 Å². The zero-order valence-corrected chi connectivity index (χ0v) is 13.2. The van der Waals surface area contributed by atoms with Gasteiger partial charge in [-0.3, -0.25) is 9.78 Å². The molecular formula is C17H21N3O3. The van der Waals surface area contributed by atoms with E-state index >= 15 is 0 Å². The zero-order chi connectivity index (χ0) is 16.1. The van der Waals surface area contributed by atoms with E-state index in [0.29, 0.717) is 19.7 Å². The molecule has 0 saturated carbocycles. The van der Waals surface area contributed by atoms with Crippen LogP contribution in [0.25, 0.3) is 0 Å². The SMILES string of the molecule is COCC(=O)N1Cc2cccn2C[C@@H](OCc2ccncc2)C1. The van der Waals surface area contributed by atoms with Crippen LogP contribution >= 0.6 is 0 Å². The standard InChI is InChI=1S/C17H21N3O3/c1-22-13-17(21)20-9-15-3-2-8-19(15)10-16(11-20)23-12-14-4-6-18-7-5-14/h2-8,16H,9-13H2,1H3/t16-/m1/s1. The molecule has 0 radical (unpaired) electrons. The van der Waals surface area contributed by atoms with E-state index in [2.05, 4.69) is 9.55 Å². The summed E-state index contributed by atoms with van der Waals surface area (Å²) in [6.07, 6.45) is 5.48. The van der Waals surface area contributed by atoms with Crippen molar-refractivity contribution in [3.05, 3.63) is 54.1 Å². The van der Waals surface area contributed by atoms with Crippen LogP contribution in [-0.4, -0.2) is 46.7 Å². The Morgan fingerprint density at radius 1 is 1.30 bits per heavy atom. The lowest BCUT2D eigenvalue weighted by molar-refractivity contribution is -0.137. The molecule has 0 spiro atoms. The van der Waals surface area contributed by atoms with E-state index in [9.17, 15) is 4.79 Å². The second-order valence-electron chi connectivity index (χ2n) is 5.65. The van der Waals surface area contributed by atoms with Gasteiger partial charge in [0.2, 0.25) is 5.91 Å². The van der Waals surface area contributed by atoms with Gasteiger partial charge in [0.15, 0.2) is 0 Å². The lowest BCUT2D eigenvalue weighted by Gasteiger charge is -2.24. The van der Waals surface area contributed by atoms with Crippen LogP contribution in [0.3, 0.4) is 0 Å². The summed E-state index contributed by atoms with van der Waals surface area (Å²) < 4.78 is 13.2. The maximum atomic E-state index is 12.2. The van der Waals surface area contributed by atoms with Gasteiger partial charge >= 0.3 is 0 Å². The van der Waals surface area contributed by atoms with E-state index in [0.717, 1.165) is 17.8 Å². The fourth-order valence-electron chi connectivity index (χ4n) is 2.76. The van der Waals surface area contributed by atoms with Crippen LogP contribution in [0, 0.1) is 0 Å². The normalized spacial score (nSPS) is 17.6. The Labute approximate surface area is 135 Å². The molecule has 1 aliphatic rings. The summed E-state index contributed by atoms with van der Waals surface area (Å²) in [6, 6.07) is 7.91. The number of carbonyl (C=O) groups is 1. The highest BCUT2D eigenvalue weighted by atomic mass is 16.5. The number of carbonyl (C=O) groups excluding carboxylic acids is 1. The monoisotopic (exact) mass is 315 g/mol. The molecule has 1 amide bonds. The summed E-state index contributed by atoms with van der Waals surface area (Å²) in [6.45, 7) is 2.50. The van der Waals surface area contributed by atoms with Crippen LogP contribution in [0.15, 0.2) is 42.9 Å². The third-order valence-corrected chi connectivity index (χ3v) is 3.96. The molecule has 0 unspecified atom stereocenters. The summed E-state index contributed by atoms with van der Waals surface area (Å²) in [5.74, 6) is -0.0142. The van der Waals surface area contributed by atoms with Gasteiger partial charge in [-0.25, -0.2) is 0 Å². The average molecular weight is 315 g/mol. The smallest absolute Gasteiger partial charge is 0.248 e. The van der Waals surface area contributed by atoms with Crippen molar-refractivity contribution in [2.24, 2.45) is 0 Å². The highest BCUT2D eigenvalue weighted by Gasteiger charge is 2.25. The van der Waals surface area contributed by atoms with Crippen molar-refractivity contribution in [2.75, 3.05) is 20.3 Å². The van der Waals surface area contributed by atoms with Crippen LogP contribution < -0.4 is 0 Å². The summed E-state index contributed by atoms with van der Waals surface area (Å²) >= 11 is 0. The van der Waals surface area contributed by atoms with Crippen molar-refractivity contribution in [3.8, 4) is 0 Å². The minimum atomic E-state index is -0.0578. The Kier molecular flexibility index (Phi) is 5.05. The molecule has 1 aliphatic heterocycles. The van der Waals surface area contributed by atoms with E-state index < -0.39 is 0 Å². The predicted molar refractivity (Wildman–Crippen MR) is 84.5 cm³/mol. The Morgan fingerprint density at radius 3 is 2.91 bits per heavy atom. The first-order valence-electron chi connectivity index (χ1n) is 7.67. The highest BCUT2D eigenvalue weighted by Crippen LogP contribution is 2.16. The van der Waals surface area contributed by atoms with Gasteiger partial charge in [0.05, 0.1) is 25.8 Å². The van der Waals surface area contributed by atoms with Crippen molar-refractivity contribution < 1.29 is 14.3 Å². The van der Waals surface area contributed by atoms with Gasteiger partial charge in [0.25, 0.3) is 0 Å². The molecule has 0 aliphatic carbocycles. The molecule has 6 nitrogen and oxygen atoms in total. The van der Waals surface area contributed by atoms with Gasteiger partial charge in [-0.05, 0) is 29.8 Å². The van der Waals surface area contributed by atoms with E-state index in [1.165, 1.54) is 7.11 Å². The van der Waals surface area contributed by atoms with E-state index in [-0.39, 0.29) is 18.6 Å². The molecule has 3 rings (SSSR count). The first-order chi connectivity index (χ1) is 11.3. The number of aromatic nitrogens is 2. The number of hydrogen-bond donors (Lipinski definition) is 0. The number of nitrogens with zero attached hydrogens (tertiary/aromatic N) is 3. The number of rotatable bonds is 5. The molecule has 0 aromatic carbocycles. The van der Waals surface area contributed by atoms with E-state index in [1.54, 1.807) is 17.3 Å². The Balaban J connectivity index is 1.70. The van der Waals surface area contributed by atoms with Crippen LogP contribution in [0.2, 0.25) is 0 Å². The molecule has 2 aromatic rings. The second-order valence-corrected chi connectivity index (χ2v) is 5.65. The van der Waals surface area contributed by atoms with Gasteiger partial charge in [0, 0.05) is 37.9 Å². The fraction of sp³-hybridized carbons (Fsp3) is 0.412. The van der Waals surface area contributed by atoms with Gasteiger partial charge in [-0.1, -0.05) is 0 Å². The van der Waals surface area contributed by atoms with Crippen molar-refractivity contribution in [1.82, 2.24) is 14.5 Å². The number of methoxy groups -OCH3 is 1. The summed E-state index contributed by atoms with van der Waals surface area (Å²) in [5.41, 5.74) is 2.19. The number of hydrogen-bond acceptors (Lipinski definition) is 4. The molecule has 0 bridgehead atoms. The second kappa shape index (κ2) is 7.39. The van der Waals surface area contributed by atoms with E-state index in [4.69, 9.17) is 9.47 Å². The molecule has 0 saturated heterocycles. The number of pyridine rings is 1. The Morgan fingerprint density at radius 2 is 2.13 bits per heavy atom.